The van der Waals surface area contributed by atoms with Crippen molar-refractivity contribution in [2.75, 3.05) is 6.61 Å². The van der Waals surface area contributed by atoms with Crippen LogP contribution in [-0.2, 0) is 27.1 Å². The highest BCUT2D eigenvalue weighted by Crippen LogP contribution is 2.32. The van der Waals surface area contributed by atoms with Gasteiger partial charge in [0.2, 0.25) is 5.78 Å². The summed E-state index contributed by atoms with van der Waals surface area (Å²) in [5, 5.41) is 14.3. The lowest BCUT2D eigenvalue weighted by molar-refractivity contribution is -0.162. The molecular weight excluding hydrogens is 554 g/mol. The number of aryl methyl sites for hydroxylation is 2. The normalized spacial score (nSPS) is 17.0. The predicted octanol–water partition coefficient (Wildman–Crippen LogP) is 6.12. The van der Waals surface area contributed by atoms with E-state index in [9.17, 15) is 14.9 Å². The molecule has 0 aliphatic heterocycles. The molecule has 0 saturated heterocycles. The first kappa shape index (κ1) is 31.1. The fourth-order valence-corrected chi connectivity index (χ4v) is 6.27. The molecule has 0 atom stereocenters. The van der Waals surface area contributed by atoms with E-state index in [1.807, 2.05) is 78.4 Å². The largest absolute Gasteiger partial charge is 0.457 e. The van der Waals surface area contributed by atoms with E-state index >= 15 is 0 Å². The quantitative estimate of drug-likeness (QED) is 0.203. The first-order chi connectivity index (χ1) is 21.1. The molecule has 2 heterocycles. The third-order valence-corrected chi connectivity index (χ3v) is 8.27. The monoisotopic (exact) mass is 595 g/mol. The molecule has 0 radical (unpaired) electrons. The van der Waals surface area contributed by atoms with Gasteiger partial charge in [-0.25, -0.2) is 4.52 Å². The minimum Gasteiger partial charge on any atom is -0.457 e. The number of nitriles is 1. The first-order valence-corrected chi connectivity index (χ1v) is 15.5. The Labute approximate surface area is 258 Å². The molecule has 2 aromatic heterocycles. The van der Waals surface area contributed by atoms with E-state index in [-0.39, 0.29) is 23.7 Å². The molecule has 0 N–H and O–H groups in total. The molecule has 9 heteroatoms. The zero-order chi connectivity index (χ0) is 31.4. The van der Waals surface area contributed by atoms with Crippen LogP contribution in [-0.4, -0.2) is 43.4 Å². The van der Waals surface area contributed by atoms with Crippen molar-refractivity contribution in [1.29, 1.82) is 5.26 Å². The molecule has 1 aliphatic rings. The van der Waals surface area contributed by atoms with Gasteiger partial charge >= 0.3 is 5.97 Å². The molecule has 44 heavy (non-hydrogen) atoms. The number of fused-ring (bicyclic) bond motifs is 1. The van der Waals surface area contributed by atoms with Crippen molar-refractivity contribution in [3.05, 3.63) is 87.1 Å². The Balaban J connectivity index is 1.43. The van der Waals surface area contributed by atoms with Crippen LogP contribution in [0.1, 0.15) is 94.0 Å². The number of aromatic nitrogens is 4. The Hall–Kier alpha value is -4.29. The Morgan fingerprint density at radius 3 is 2.45 bits per heavy atom. The molecule has 4 aromatic rings. The summed E-state index contributed by atoms with van der Waals surface area (Å²) in [4.78, 5) is 30.5. The van der Waals surface area contributed by atoms with Crippen molar-refractivity contribution in [3.63, 3.8) is 0 Å². The van der Waals surface area contributed by atoms with Gasteiger partial charge in [-0.2, -0.15) is 15.3 Å². The molecular formula is C35H41N5O4. The zero-order valence-corrected chi connectivity index (χ0v) is 26.3. The van der Waals surface area contributed by atoms with Gasteiger partial charge < -0.3 is 9.47 Å². The Bertz CT molecular complexity index is 1740. The summed E-state index contributed by atoms with van der Waals surface area (Å²) in [6.07, 6.45) is 5.26. The number of nitrogens with zero attached hydrogens (tertiary/aromatic N) is 5. The van der Waals surface area contributed by atoms with E-state index in [4.69, 9.17) is 19.6 Å². The summed E-state index contributed by atoms with van der Waals surface area (Å²) in [6.45, 7) is 9.40. The smallest absolute Gasteiger partial charge is 0.303 e. The third kappa shape index (κ3) is 6.76. The molecule has 1 saturated carbocycles. The number of carbonyl (C=O) groups is 1. The number of ether oxygens (including phenoxy) is 2. The summed E-state index contributed by atoms with van der Waals surface area (Å²) in [7, 11) is 0. The average Bonchev–Trinajstić information content (AvgIpc) is 3.39. The summed E-state index contributed by atoms with van der Waals surface area (Å²) >= 11 is 0. The van der Waals surface area contributed by atoms with Crippen molar-refractivity contribution < 1.29 is 14.3 Å². The molecule has 0 unspecified atom stereocenters. The van der Waals surface area contributed by atoms with Gasteiger partial charge in [0.1, 0.15) is 11.4 Å². The number of rotatable bonds is 10. The van der Waals surface area contributed by atoms with Crippen molar-refractivity contribution in [2.45, 2.75) is 97.3 Å². The van der Waals surface area contributed by atoms with Crippen LogP contribution in [0.4, 0.5) is 0 Å². The van der Waals surface area contributed by atoms with Crippen molar-refractivity contribution in [3.8, 4) is 17.2 Å². The van der Waals surface area contributed by atoms with Gasteiger partial charge in [-0.3, -0.25) is 14.2 Å². The molecule has 2 aromatic carbocycles. The predicted molar refractivity (Wildman–Crippen MR) is 168 cm³/mol. The number of hydrogen-bond donors (Lipinski definition) is 0. The standard InChI is InChI=1S/C35H41N5O4/c1-6-9-32-31(20-25-12-14-26(15-13-25)30-11-8-7-10-27(30)21-36)33(42)39(34-37-23(2)38-40(32)34)28-16-18-29(19-17-28)43-22-35(4,5)44-24(3)41/h7-8,10-15,28-29H,6,9,16-20,22H2,1-5H3. The minimum atomic E-state index is -0.688. The summed E-state index contributed by atoms with van der Waals surface area (Å²) < 4.78 is 15.3. The molecule has 0 spiro atoms. The Kier molecular flexibility index (Phi) is 9.31. The highest BCUT2D eigenvalue weighted by atomic mass is 16.6. The number of hydrogen-bond acceptors (Lipinski definition) is 7. The molecule has 0 bridgehead atoms. The van der Waals surface area contributed by atoms with Gasteiger partial charge in [0.25, 0.3) is 5.56 Å². The molecule has 9 nitrogen and oxygen atoms in total. The van der Waals surface area contributed by atoms with Crippen LogP contribution in [0.25, 0.3) is 16.9 Å². The van der Waals surface area contributed by atoms with Crippen LogP contribution >= 0.6 is 0 Å². The van der Waals surface area contributed by atoms with Crippen LogP contribution in [0, 0.1) is 18.3 Å². The van der Waals surface area contributed by atoms with Gasteiger partial charge in [-0.15, -0.1) is 0 Å². The second-order valence-corrected chi connectivity index (χ2v) is 12.3. The van der Waals surface area contributed by atoms with E-state index in [0.717, 1.165) is 66.5 Å². The van der Waals surface area contributed by atoms with Crippen LogP contribution in [0.2, 0.25) is 0 Å². The lowest BCUT2D eigenvalue weighted by Crippen LogP contribution is -2.37. The van der Waals surface area contributed by atoms with Crippen LogP contribution in [0.5, 0.6) is 0 Å². The number of carbonyl (C=O) groups excluding carboxylic acids is 1. The number of esters is 1. The fourth-order valence-electron chi connectivity index (χ4n) is 6.27. The first-order valence-electron chi connectivity index (χ1n) is 15.5. The molecule has 230 valence electrons. The maximum absolute atomic E-state index is 14.4. The minimum absolute atomic E-state index is 0.00684. The fraction of sp³-hybridized carbons (Fsp3) is 0.457. The third-order valence-electron chi connectivity index (χ3n) is 8.27. The second kappa shape index (κ2) is 13.1. The maximum atomic E-state index is 14.4. The Morgan fingerprint density at radius 1 is 1.09 bits per heavy atom. The molecule has 1 fully saturated rings. The lowest BCUT2D eigenvalue weighted by atomic mass is 9.92. The van der Waals surface area contributed by atoms with E-state index < -0.39 is 5.60 Å². The van der Waals surface area contributed by atoms with Crippen LogP contribution < -0.4 is 5.56 Å². The van der Waals surface area contributed by atoms with Gasteiger partial charge in [0, 0.05) is 24.9 Å². The van der Waals surface area contributed by atoms with E-state index in [1.165, 1.54) is 6.92 Å². The van der Waals surface area contributed by atoms with E-state index in [1.54, 1.807) is 0 Å². The highest BCUT2D eigenvalue weighted by molar-refractivity contribution is 5.70. The average molecular weight is 596 g/mol. The highest BCUT2D eigenvalue weighted by Gasteiger charge is 2.30. The molecule has 0 amide bonds. The molecule has 1 aliphatic carbocycles. The molecule has 5 rings (SSSR count). The zero-order valence-electron chi connectivity index (χ0n) is 26.3. The van der Waals surface area contributed by atoms with Crippen LogP contribution in [0.3, 0.4) is 0 Å². The lowest BCUT2D eigenvalue weighted by Gasteiger charge is -2.33. The summed E-state index contributed by atoms with van der Waals surface area (Å²) in [5.74, 6) is 0.915. The summed E-state index contributed by atoms with van der Waals surface area (Å²) in [5.41, 5.74) is 4.48. The number of benzene rings is 2. The van der Waals surface area contributed by atoms with E-state index in [2.05, 4.69) is 13.0 Å². The van der Waals surface area contributed by atoms with Gasteiger partial charge in [0.05, 0.1) is 30.0 Å². The summed E-state index contributed by atoms with van der Waals surface area (Å²) in [6, 6.07) is 17.9. The van der Waals surface area contributed by atoms with E-state index in [0.29, 0.717) is 30.2 Å². The maximum Gasteiger partial charge on any atom is 0.303 e. The SMILES string of the molecule is CCCc1c(Cc2ccc(-c3ccccc3C#N)cc2)c(=O)n(C2CCC(OCC(C)(C)OC(C)=O)CC2)c2nc(C)nn12. The van der Waals surface area contributed by atoms with Crippen molar-refractivity contribution in [2.24, 2.45) is 0 Å². The van der Waals surface area contributed by atoms with Gasteiger partial charge in [-0.1, -0.05) is 55.8 Å². The van der Waals surface area contributed by atoms with Gasteiger partial charge in [0.15, 0.2) is 0 Å². The topological polar surface area (TPSA) is 112 Å². The van der Waals surface area contributed by atoms with Crippen LogP contribution in [0.15, 0.2) is 53.3 Å². The Morgan fingerprint density at radius 2 is 1.80 bits per heavy atom. The van der Waals surface area contributed by atoms with Crippen molar-refractivity contribution >= 4 is 11.7 Å². The van der Waals surface area contributed by atoms with Crippen molar-refractivity contribution in [1.82, 2.24) is 19.2 Å². The second-order valence-electron chi connectivity index (χ2n) is 12.3. The van der Waals surface area contributed by atoms with Gasteiger partial charge in [-0.05, 0) is 75.6 Å².